The van der Waals surface area contributed by atoms with Gasteiger partial charge in [0.05, 0.1) is 22.4 Å². The largest absolute Gasteiger partial charge is 0.362 e. The Hall–Kier alpha value is -3.65. The minimum Gasteiger partial charge on any atom is -0.362 e. The van der Waals surface area contributed by atoms with Crippen LogP contribution in [0.15, 0.2) is 30.9 Å². The van der Waals surface area contributed by atoms with Gasteiger partial charge in [-0.3, -0.25) is 5.41 Å². The molecule has 3 aromatic heterocycles. The van der Waals surface area contributed by atoms with Crippen LogP contribution in [-0.2, 0) is 21.8 Å². The lowest BCUT2D eigenvalue weighted by Crippen LogP contribution is -2.70. The second kappa shape index (κ2) is 6.45. The van der Waals surface area contributed by atoms with E-state index in [-0.39, 0.29) is 17.5 Å². The summed E-state index contributed by atoms with van der Waals surface area (Å²) < 4.78 is 25.5. The van der Waals surface area contributed by atoms with Gasteiger partial charge in [0.15, 0.2) is 15.7 Å². The molecule has 166 valence electrons. The van der Waals surface area contributed by atoms with Crippen molar-refractivity contribution in [3.63, 3.8) is 0 Å². The maximum Gasteiger partial charge on any atom is 0.165 e. The number of aromatic nitrogens is 4. The van der Waals surface area contributed by atoms with Crippen LogP contribution in [0.2, 0.25) is 0 Å². The van der Waals surface area contributed by atoms with E-state index in [1.54, 1.807) is 19.2 Å². The molecule has 2 atom stereocenters. The van der Waals surface area contributed by atoms with E-state index in [1.165, 1.54) is 12.5 Å². The van der Waals surface area contributed by atoms with E-state index in [2.05, 4.69) is 30.6 Å². The summed E-state index contributed by atoms with van der Waals surface area (Å²) in [5.41, 5.74) is 2.39. The first-order chi connectivity index (χ1) is 15.8. The smallest absolute Gasteiger partial charge is 0.165 e. The molecule has 0 unspecified atom stereocenters. The molecule has 1 aliphatic heterocycles. The van der Waals surface area contributed by atoms with Gasteiger partial charge in [-0.15, -0.1) is 0 Å². The molecular formula is C22H20N8O2S. The first-order valence-corrected chi connectivity index (χ1v) is 12.3. The van der Waals surface area contributed by atoms with Crippen LogP contribution in [0.5, 0.6) is 0 Å². The van der Waals surface area contributed by atoms with Gasteiger partial charge in [-0.1, -0.05) is 0 Å². The highest BCUT2D eigenvalue weighted by Crippen LogP contribution is 2.51. The molecule has 2 fully saturated rings. The van der Waals surface area contributed by atoms with Gasteiger partial charge in [0.25, 0.3) is 0 Å². The van der Waals surface area contributed by atoms with Crippen molar-refractivity contribution in [2.75, 3.05) is 11.1 Å². The van der Waals surface area contributed by atoms with Crippen LogP contribution in [0.25, 0.3) is 11.0 Å². The summed E-state index contributed by atoms with van der Waals surface area (Å²) in [7, 11) is -3.51. The summed E-state index contributed by atoms with van der Waals surface area (Å²) >= 11 is 0. The van der Waals surface area contributed by atoms with Gasteiger partial charge in [-0.05, 0) is 48.9 Å². The zero-order valence-corrected chi connectivity index (χ0v) is 18.6. The Kier molecular flexibility index (Phi) is 3.91. The lowest BCUT2D eigenvalue weighted by molar-refractivity contribution is 0.349. The summed E-state index contributed by atoms with van der Waals surface area (Å²) in [6, 6.07) is 5.49. The van der Waals surface area contributed by atoms with Crippen molar-refractivity contribution in [1.82, 2.24) is 25.3 Å². The molecule has 0 bridgehead atoms. The standard InChI is InChI=1S/C22H20N8O2S/c1-21(14-2-3-14)20(24)30-22(10-33(21,31)32)6-13-9-25-17(5-15(13)22)29-19-18-16(27-11-28-19)4-12(7-23)8-26-18/h4-5,8-9,11,14H,2-3,6,10H2,1H3,(H2,24,30)(H,25,27,28,29)/t21-,22-/m0/s1. The van der Waals surface area contributed by atoms with Gasteiger partial charge < -0.3 is 10.6 Å². The van der Waals surface area contributed by atoms with E-state index in [1.807, 2.05) is 12.1 Å². The molecule has 3 aromatic rings. The fraction of sp³-hybridized carbons (Fsp3) is 0.364. The van der Waals surface area contributed by atoms with Crippen LogP contribution in [-0.4, -0.2) is 44.7 Å². The third-order valence-corrected chi connectivity index (χ3v) is 9.85. The molecule has 1 spiro atoms. The number of anilines is 2. The third-order valence-electron chi connectivity index (χ3n) is 7.14. The maximum atomic E-state index is 13.3. The highest BCUT2D eigenvalue weighted by molar-refractivity contribution is 7.93. The normalized spacial score (nSPS) is 27.3. The van der Waals surface area contributed by atoms with Gasteiger partial charge in [0.1, 0.15) is 34.3 Å². The molecule has 0 aromatic carbocycles. The topological polar surface area (TPSA) is 157 Å². The molecule has 3 N–H and O–H groups in total. The molecule has 0 amide bonds. The minimum atomic E-state index is -3.51. The molecule has 2 aliphatic carbocycles. The Balaban J connectivity index is 1.34. The summed E-state index contributed by atoms with van der Waals surface area (Å²) in [5, 5.41) is 24.1. The van der Waals surface area contributed by atoms with Crippen LogP contribution in [0.1, 0.15) is 36.5 Å². The third kappa shape index (κ3) is 2.77. The van der Waals surface area contributed by atoms with Crippen molar-refractivity contribution in [3.8, 4) is 6.07 Å². The number of fused-ring (bicyclic) bond motifs is 3. The number of sulfone groups is 1. The number of rotatable bonds is 3. The molecule has 11 heteroatoms. The highest BCUT2D eigenvalue weighted by atomic mass is 32.2. The fourth-order valence-corrected chi connectivity index (χ4v) is 7.42. The Morgan fingerprint density at radius 3 is 2.76 bits per heavy atom. The average Bonchev–Trinajstić information content (AvgIpc) is 3.63. The van der Waals surface area contributed by atoms with Crippen LogP contribution in [0.4, 0.5) is 11.6 Å². The number of nitrogens with one attached hydrogen (secondary N) is 3. The van der Waals surface area contributed by atoms with E-state index in [9.17, 15) is 8.42 Å². The van der Waals surface area contributed by atoms with Crippen LogP contribution in [0, 0.1) is 22.7 Å². The minimum absolute atomic E-state index is 0.0224. The Morgan fingerprint density at radius 1 is 1.21 bits per heavy atom. The molecular weight excluding hydrogens is 440 g/mol. The van der Waals surface area contributed by atoms with Crippen molar-refractivity contribution in [1.29, 1.82) is 10.7 Å². The molecule has 1 saturated carbocycles. The molecule has 3 aliphatic rings. The van der Waals surface area contributed by atoms with Crippen molar-refractivity contribution in [2.24, 2.45) is 5.92 Å². The van der Waals surface area contributed by atoms with Crippen LogP contribution in [0.3, 0.4) is 0 Å². The second-order valence-electron chi connectivity index (χ2n) is 9.18. The zero-order chi connectivity index (χ0) is 23.0. The van der Waals surface area contributed by atoms with Crippen molar-refractivity contribution in [3.05, 3.63) is 47.5 Å². The summed E-state index contributed by atoms with van der Waals surface area (Å²) in [6.07, 6.45) is 6.75. The Morgan fingerprint density at radius 2 is 2.03 bits per heavy atom. The van der Waals surface area contributed by atoms with E-state index in [0.29, 0.717) is 34.7 Å². The molecule has 1 saturated heterocycles. The predicted octanol–water partition coefficient (Wildman–Crippen LogP) is 1.95. The number of nitrogens with zero attached hydrogens (tertiary/aromatic N) is 5. The van der Waals surface area contributed by atoms with Crippen molar-refractivity contribution in [2.45, 2.75) is 36.5 Å². The lowest BCUT2D eigenvalue weighted by Gasteiger charge is -2.52. The van der Waals surface area contributed by atoms with E-state index < -0.39 is 20.1 Å². The number of amidine groups is 1. The SMILES string of the molecule is C[C@]1(C2CC2)C(=N)N[C@@]2(Cc3cnc(Nc4ncnc5cc(C#N)cnc45)cc32)CS1(=O)=O. The predicted molar refractivity (Wildman–Crippen MR) is 121 cm³/mol. The van der Waals surface area contributed by atoms with E-state index in [0.717, 1.165) is 24.0 Å². The van der Waals surface area contributed by atoms with Gasteiger partial charge >= 0.3 is 0 Å². The van der Waals surface area contributed by atoms with E-state index in [4.69, 9.17) is 10.7 Å². The van der Waals surface area contributed by atoms with Crippen LogP contribution >= 0.6 is 0 Å². The lowest BCUT2D eigenvalue weighted by atomic mass is 9.72. The van der Waals surface area contributed by atoms with Gasteiger partial charge in [0.2, 0.25) is 0 Å². The van der Waals surface area contributed by atoms with Gasteiger partial charge in [-0.2, -0.15) is 5.26 Å². The van der Waals surface area contributed by atoms with Crippen molar-refractivity contribution < 1.29 is 8.42 Å². The Bertz CT molecular complexity index is 1510. The monoisotopic (exact) mass is 460 g/mol. The first kappa shape index (κ1) is 20.0. The molecule has 33 heavy (non-hydrogen) atoms. The quantitative estimate of drug-likeness (QED) is 0.531. The van der Waals surface area contributed by atoms with Crippen LogP contribution < -0.4 is 10.6 Å². The number of hydrogen-bond donors (Lipinski definition) is 3. The van der Waals surface area contributed by atoms with Gasteiger partial charge in [-0.25, -0.2) is 28.4 Å². The molecule has 4 heterocycles. The second-order valence-corrected chi connectivity index (χ2v) is 11.5. The Labute approximate surface area is 189 Å². The average molecular weight is 461 g/mol. The van der Waals surface area contributed by atoms with E-state index >= 15 is 0 Å². The highest BCUT2D eigenvalue weighted by Gasteiger charge is 2.62. The summed E-state index contributed by atoms with van der Waals surface area (Å²) in [5.74, 6) is 0.992. The fourth-order valence-electron chi connectivity index (χ4n) is 5.03. The molecule has 0 radical (unpaired) electrons. The molecule has 6 rings (SSSR count). The van der Waals surface area contributed by atoms with Gasteiger partial charge in [0, 0.05) is 18.8 Å². The first-order valence-electron chi connectivity index (χ1n) is 10.6. The zero-order valence-electron chi connectivity index (χ0n) is 17.8. The van der Waals surface area contributed by atoms with Crippen molar-refractivity contribution >= 4 is 38.3 Å². The summed E-state index contributed by atoms with van der Waals surface area (Å²) in [4.78, 5) is 17.2. The summed E-state index contributed by atoms with van der Waals surface area (Å²) in [6.45, 7) is 1.69. The number of hydrogen-bond acceptors (Lipinski definition) is 9. The number of pyridine rings is 2. The maximum absolute atomic E-state index is 13.3. The number of nitriles is 1. The molecule has 10 nitrogen and oxygen atoms in total.